The number of para-hydroxylation sites is 1. The molecule has 0 bridgehead atoms. The molecule has 1 amide bonds. The number of nitrogens with one attached hydrogen (secondary N) is 1. The molecule has 0 aliphatic rings. The lowest BCUT2D eigenvalue weighted by Crippen LogP contribution is -2.23. The molecule has 22 heavy (non-hydrogen) atoms. The van der Waals surface area contributed by atoms with Crippen LogP contribution in [0.2, 0.25) is 0 Å². The van der Waals surface area contributed by atoms with E-state index >= 15 is 0 Å². The number of amides is 1. The summed E-state index contributed by atoms with van der Waals surface area (Å²) in [5, 5.41) is 3.13. The second-order valence-electron chi connectivity index (χ2n) is 6.66. The smallest absolute Gasteiger partial charge is 0.231 e. The number of hydrogen-bond donors (Lipinski definition) is 1. The number of rotatable bonds is 4. The van der Waals surface area contributed by atoms with Crippen molar-refractivity contribution in [3.8, 4) is 0 Å². The van der Waals surface area contributed by atoms with Gasteiger partial charge in [0, 0.05) is 5.69 Å². The zero-order valence-corrected chi connectivity index (χ0v) is 13.9. The van der Waals surface area contributed by atoms with Crippen LogP contribution < -0.4 is 5.32 Å². The molecule has 0 aliphatic carbocycles. The van der Waals surface area contributed by atoms with Crippen LogP contribution in [0.15, 0.2) is 54.6 Å². The first kappa shape index (κ1) is 16.3. The third-order valence-electron chi connectivity index (χ3n) is 3.92. The van der Waals surface area contributed by atoms with E-state index in [1.807, 2.05) is 55.5 Å². The minimum absolute atomic E-state index is 0.00166. The summed E-state index contributed by atoms with van der Waals surface area (Å²) in [4.78, 5) is 12.7. The lowest BCUT2D eigenvalue weighted by Gasteiger charge is -2.24. The number of anilines is 1. The summed E-state index contributed by atoms with van der Waals surface area (Å²) in [6, 6.07) is 18.0. The minimum atomic E-state index is -0.116. The highest BCUT2D eigenvalue weighted by atomic mass is 16.1. The molecule has 2 aromatic rings. The van der Waals surface area contributed by atoms with Crippen molar-refractivity contribution in [2.75, 3.05) is 5.32 Å². The highest BCUT2D eigenvalue weighted by Gasteiger charge is 2.22. The van der Waals surface area contributed by atoms with E-state index in [-0.39, 0.29) is 17.2 Å². The maximum absolute atomic E-state index is 12.7. The molecule has 0 aliphatic heterocycles. The van der Waals surface area contributed by atoms with E-state index in [1.54, 1.807) is 0 Å². The number of carbonyl (C=O) groups excluding carboxylic acids is 1. The van der Waals surface area contributed by atoms with Crippen LogP contribution in [0, 0.1) is 0 Å². The Labute approximate surface area is 133 Å². The predicted octanol–water partition coefficient (Wildman–Crippen LogP) is 5.12. The molecular weight excluding hydrogens is 270 g/mol. The summed E-state index contributed by atoms with van der Waals surface area (Å²) >= 11 is 0. The normalized spacial score (nSPS) is 12.7. The first-order valence-electron chi connectivity index (χ1n) is 7.88. The van der Waals surface area contributed by atoms with Crippen LogP contribution in [0.25, 0.3) is 0 Å². The Hall–Kier alpha value is -2.09. The van der Waals surface area contributed by atoms with Crippen molar-refractivity contribution in [3.05, 3.63) is 65.7 Å². The summed E-state index contributed by atoms with van der Waals surface area (Å²) in [7, 11) is 0. The van der Waals surface area contributed by atoms with Gasteiger partial charge in [0.1, 0.15) is 0 Å². The lowest BCUT2D eigenvalue weighted by atomic mass is 9.85. The molecule has 0 aromatic heterocycles. The van der Waals surface area contributed by atoms with Crippen molar-refractivity contribution in [2.24, 2.45) is 0 Å². The Balaban J connectivity index is 2.25. The summed E-state index contributed by atoms with van der Waals surface area (Å²) in [6.07, 6.45) is 0.785. The van der Waals surface area contributed by atoms with E-state index in [1.165, 1.54) is 0 Å². The SMILES string of the molecule is CC[C@H](C(=O)Nc1ccccc1C(C)(C)C)c1ccccc1. The first-order chi connectivity index (χ1) is 10.4. The van der Waals surface area contributed by atoms with Gasteiger partial charge in [-0.05, 0) is 29.0 Å². The second kappa shape index (κ2) is 6.78. The third kappa shape index (κ3) is 3.76. The Kier molecular flexibility index (Phi) is 5.02. The number of hydrogen-bond acceptors (Lipinski definition) is 1. The molecule has 1 atom stereocenters. The van der Waals surface area contributed by atoms with Crippen LogP contribution in [0.3, 0.4) is 0 Å². The molecule has 0 saturated carbocycles. The van der Waals surface area contributed by atoms with Crippen LogP contribution in [0.4, 0.5) is 5.69 Å². The van der Waals surface area contributed by atoms with E-state index in [0.717, 1.165) is 23.2 Å². The van der Waals surface area contributed by atoms with Crippen molar-refractivity contribution in [1.29, 1.82) is 0 Å². The Bertz CT molecular complexity index is 626. The van der Waals surface area contributed by atoms with Gasteiger partial charge in [-0.3, -0.25) is 4.79 Å². The predicted molar refractivity (Wildman–Crippen MR) is 93.2 cm³/mol. The molecule has 0 unspecified atom stereocenters. The zero-order valence-electron chi connectivity index (χ0n) is 13.9. The molecule has 2 rings (SSSR count). The monoisotopic (exact) mass is 295 g/mol. The lowest BCUT2D eigenvalue weighted by molar-refractivity contribution is -0.117. The van der Waals surface area contributed by atoms with E-state index in [4.69, 9.17) is 0 Å². The highest BCUT2D eigenvalue weighted by Crippen LogP contribution is 2.30. The van der Waals surface area contributed by atoms with Crippen molar-refractivity contribution in [2.45, 2.75) is 45.4 Å². The number of benzene rings is 2. The fourth-order valence-electron chi connectivity index (χ4n) is 2.72. The van der Waals surface area contributed by atoms with Crippen LogP contribution in [-0.2, 0) is 10.2 Å². The van der Waals surface area contributed by atoms with Crippen molar-refractivity contribution in [1.82, 2.24) is 0 Å². The largest absolute Gasteiger partial charge is 0.325 e. The van der Waals surface area contributed by atoms with E-state index < -0.39 is 0 Å². The Morgan fingerprint density at radius 3 is 2.18 bits per heavy atom. The van der Waals surface area contributed by atoms with Crippen molar-refractivity contribution in [3.63, 3.8) is 0 Å². The van der Waals surface area contributed by atoms with Crippen LogP contribution in [0.1, 0.15) is 51.2 Å². The van der Waals surface area contributed by atoms with Gasteiger partial charge in [0.25, 0.3) is 0 Å². The highest BCUT2D eigenvalue weighted by molar-refractivity contribution is 5.96. The van der Waals surface area contributed by atoms with Gasteiger partial charge >= 0.3 is 0 Å². The first-order valence-corrected chi connectivity index (χ1v) is 7.88. The Morgan fingerprint density at radius 2 is 1.59 bits per heavy atom. The molecule has 1 N–H and O–H groups in total. The van der Waals surface area contributed by atoms with Gasteiger partial charge in [-0.1, -0.05) is 76.2 Å². The summed E-state index contributed by atoms with van der Waals surface area (Å²) in [5.41, 5.74) is 3.13. The molecular formula is C20H25NO. The average molecular weight is 295 g/mol. The molecule has 2 nitrogen and oxygen atoms in total. The minimum Gasteiger partial charge on any atom is -0.325 e. The molecule has 0 radical (unpaired) electrons. The van der Waals surface area contributed by atoms with Crippen LogP contribution in [-0.4, -0.2) is 5.91 Å². The molecule has 2 heteroatoms. The average Bonchev–Trinajstić information content (AvgIpc) is 2.48. The van der Waals surface area contributed by atoms with Crippen LogP contribution in [0.5, 0.6) is 0 Å². The second-order valence-corrected chi connectivity index (χ2v) is 6.66. The van der Waals surface area contributed by atoms with Crippen molar-refractivity contribution >= 4 is 11.6 Å². The van der Waals surface area contributed by atoms with Gasteiger partial charge in [0.15, 0.2) is 0 Å². The van der Waals surface area contributed by atoms with Gasteiger partial charge in [0.2, 0.25) is 5.91 Å². The maximum atomic E-state index is 12.7. The molecule has 2 aromatic carbocycles. The molecule has 0 fully saturated rings. The maximum Gasteiger partial charge on any atom is 0.231 e. The van der Waals surface area contributed by atoms with Gasteiger partial charge in [-0.25, -0.2) is 0 Å². The van der Waals surface area contributed by atoms with Gasteiger partial charge < -0.3 is 5.32 Å². The molecule has 116 valence electrons. The van der Waals surface area contributed by atoms with Crippen molar-refractivity contribution < 1.29 is 4.79 Å². The van der Waals surface area contributed by atoms with Crippen LogP contribution >= 0.6 is 0 Å². The number of carbonyl (C=O) groups is 1. The summed E-state index contributed by atoms with van der Waals surface area (Å²) < 4.78 is 0. The summed E-state index contributed by atoms with van der Waals surface area (Å²) in [6.45, 7) is 8.53. The summed E-state index contributed by atoms with van der Waals surface area (Å²) in [5.74, 6) is -0.0559. The standard InChI is InChI=1S/C20H25NO/c1-5-16(15-11-7-6-8-12-15)19(22)21-18-14-10-9-13-17(18)20(2,3)4/h6-14,16H,5H2,1-4H3,(H,21,22)/t16-/m0/s1. The van der Waals surface area contributed by atoms with E-state index in [2.05, 4.69) is 32.2 Å². The van der Waals surface area contributed by atoms with E-state index in [9.17, 15) is 4.79 Å². The van der Waals surface area contributed by atoms with E-state index in [0.29, 0.717) is 0 Å². The molecule has 0 spiro atoms. The fraction of sp³-hybridized carbons (Fsp3) is 0.350. The quantitative estimate of drug-likeness (QED) is 0.833. The van der Waals surface area contributed by atoms with Gasteiger partial charge in [-0.2, -0.15) is 0 Å². The zero-order chi connectivity index (χ0) is 16.2. The Morgan fingerprint density at radius 1 is 1.00 bits per heavy atom. The third-order valence-corrected chi connectivity index (χ3v) is 3.92. The fourth-order valence-corrected chi connectivity index (χ4v) is 2.72. The topological polar surface area (TPSA) is 29.1 Å². The van der Waals surface area contributed by atoms with Gasteiger partial charge in [0.05, 0.1) is 5.92 Å². The molecule has 0 heterocycles. The molecule has 0 saturated heterocycles. The van der Waals surface area contributed by atoms with Gasteiger partial charge in [-0.15, -0.1) is 0 Å².